The third kappa shape index (κ3) is 1.48. The molecule has 2 aromatic carbocycles. The average molecular weight is 262 g/mol. The molecule has 4 aliphatic carbocycles. The summed E-state index contributed by atoms with van der Waals surface area (Å²) in [5, 5.41) is 2.96. The topological polar surface area (TPSA) is 0 Å². The van der Waals surface area contributed by atoms with Crippen molar-refractivity contribution < 1.29 is 0 Å². The van der Waals surface area contributed by atoms with E-state index in [0.29, 0.717) is 5.41 Å². The van der Waals surface area contributed by atoms with Gasteiger partial charge >= 0.3 is 0 Å². The lowest BCUT2D eigenvalue weighted by Gasteiger charge is -2.57. The smallest absolute Gasteiger partial charge is 0.00329 e. The molecule has 4 fully saturated rings. The van der Waals surface area contributed by atoms with Crippen LogP contribution in [-0.4, -0.2) is 0 Å². The van der Waals surface area contributed by atoms with Gasteiger partial charge in [-0.25, -0.2) is 0 Å². The van der Waals surface area contributed by atoms with Crippen molar-refractivity contribution in [2.75, 3.05) is 0 Å². The van der Waals surface area contributed by atoms with E-state index in [4.69, 9.17) is 0 Å². The molecule has 4 bridgehead atoms. The molecule has 0 atom stereocenters. The molecule has 0 nitrogen and oxygen atoms in total. The zero-order chi connectivity index (χ0) is 13.2. The first-order valence-corrected chi connectivity index (χ1v) is 8.31. The summed E-state index contributed by atoms with van der Waals surface area (Å²) in [7, 11) is 0. The Morgan fingerprint density at radius 2 is 1.30 bits per heavy atom. The van der Waals surface area contributed by atoms with Crippen LogP contribution in [-0.2, 0) is 5.41 Å². The van der Waals surface area contributed by atoms with E-state index in [1.54, 1.807) is 5.56 Å². The van der Waals surface area contributed by atoms with Gasteiger partial charge in [0.25, 0.3) is 0 Å². The van der Waals surface area contributed by atoms with Crippen molar-refractivity contribution in [3.05, 3.63) is 48.0 Å². The number of rotatable bonds is 1. The molecule has 0 saturated heterocycles. The average Bonchev–Trinajstić information content (AvgIpc) is 2.45. The van der Waals surface area contributed by atoms with Gasteiger partial charge in [0.15, 0.2) is 0 Å². The lowest BCUT2D eigenvalue weighted by Crippen LogP contribution is -2.48. The van der Waals surface area contributed by atoms with Crippen molar-refractivity contribution in [3.63, 3.8) is 0 Å². The summed E-state index contributed by atoms with van der Waals surface area (Å²) in [5.74, 6) is 3.08. The van der Waals surface area contributed by atoms with Crippen LogP contribution in [0.3, 0.4) is 0 Å². The fraction of sp³-hybridized carbons (Fsp3) is 0.500. The molecule has 102 valence electrons. The highest BCUT2D eigenvalue weighted by atomic mass is 14.6. The van der Waals surface area contributed by atoms with Gasteiger partial charge in [-0.15, -0.1) is 0 Å². The predicted molar refractivity (Wildman–Crippen MR) is 83.8 cm³/mol. The standard InChI is InChI=1S/C20H22/c1-2-6-18-17(4-1)5-3-7-19(18)20-11-14-8-15(12-20)10-16(9-14)13-20/h1-7,14-16H,8-13H2. The Morgan fingerprint density at radius 1 is 0.700 bits per heavy atom. The highest BCUT2D eigenvalue weighted by molar-refractivity contribution is 5.86. The minimum atomic E-state index is 0.523. The molecule has 4 saturated carbocycles. The van der Waals surface area contributed by atoms with Crippen LogP contribution in [0.2, 0.25) is 0 Å². The summed E-state index contributed by atoms with van der Waals surface area (Å²) in [6.45, 7) is 0. The van der Waals surface area contributed by atoms with E-state index in [0.717, 1.165) is 17.8 Å². The summed E-state index contributed by atoms with van der Waals surface area (Å²) < 4.78 is 0. The largest absolute Gasteiger partial charge is 0.0616 e. The van der Waals surface area contributed by atoms with Crippen molar-refractivity contribution in [2.24, 2.45) is 17.8 Å². The van der Waals surface area contributed by atoms with Gasteiger partial charge in [-0.1, -0.05) is 42.5 Å². The summed E-state index contributed by atoms with van der Waals surface area (Å²) >= 11 is 0. The van der Waals surface area contributed by atoms with Gasteiger partial charge in [0.2, 0.25) is 0 Å². The Labute approximate surface area is 121 Å². The molecule has 0 heteroatoms. The van der Waals surface area contributed by atoms with E-state index < -0.39 is 0 Å². The molecule has 2 aromatic rings. The molecule has 20 heavy (non-hydrogen) atoms. The van der Waals surface area contributed by atoms with Crippen LogP contribution in [0.15, 0.2) is 42.5 Å². The van der Waals surface area contributed by atoms with E-state index >= 15 is 0 Å². The molecule has 0 aliphatic heterocycles. The molecule has 0 radical (unpaired) electrons. The highest BCUT2D eigenvalue weighted by Gasteiger charge is 2.51. The van der Waals surface area contributed by atoms with Crippen molar-refractivity contribution in [3.8, 4) is 0 Å². The fourth-order valence-electron chi connectivity index (χ4n) is 6.13. The Balaban J connectivity index is 1.71. The van der Waals surface area contributed by atoms with Gasteiger partial charge < -0.3 is 0 Å². The fourth-order valence-corrected chi connectivity index (χ4v) is 6.13. The van der Waals surface area contributed by atoms with Gasteiger partial charge in [-0.05, 0) is 78.0 Å². The van der Waals surface area contributed by atoms with E-state index in [-0.39, 0.29) is 0 Å². The zero-order valence-electron chi connectivity index (χ0n) is 12.0. The lowest BCUT2D eigenvalue weighted by atomic mass is 9.48. The Morgan fingerprint density at radius 3 is 2.00 bits per heavy atom. The normalized spacial score (nSPS) is 38.5. The molecule has 0 amide bonds. The molecule has 0 aromatic heterocycles. The first kappa shape index (κ1) is 11.4. The van der Waals surface area contributed by atoms with Crippen molar-refractivity contribution in [1.82, 2.24) is 0 Å². The summed E-state index contributed by atoms with van der Waals surface area (Å²) in [6, 6.07) is 16.0. The summed E-state index contributed by atoms with van der Waals surface area (Å²) in [5.41, 5.74) is 2.20. The number of hydrogen-bond donors (Lipinski definition) is 0. The second-order valence-corrected chi connectivity index (χ2v) is 7.72. The van der Waals surface area contributed by atoms with Crippen molar-refractivity contribution in [2.45, 2.75) is 43.9 Å². The van der Waals surface area contributed by atoms with Gasteiger partial charge in [0.1, 0.15) is 0 Å². The van der Waals surface area contributed by atoms with Crippen LogP contribution >= 0.6 is 0 Å². The van der Waals surface area contributed by atoms with Crippen LogP contribution < -0.4 is 0 Å². The van der Waals surface area contributed by atoms with Gasteiger partial charge in [-0.3, -0.25) is 0 Å². The maximum absolute atomic E-state index is 2.44. The predicted octanol–water partition coefficient (Wildman–Crippen LogP) is 5.31. The lowest BCUT2D eigenvalue weighted by molar-refractivity contribution is -0.00449. The van der Waals surface area contributed by atoms with Crippen LogP contribution in [0.25, 0.3) is 10.8 Å². The molecular formula is C20H22. The number of benzene rings is 2. The first-order valence-electron chi connectivity index (χ1n) is 8.31. The van der Waals surface area contributed by atoms with Gasteiger partial charge in [0.05, 0.1) is 0 Å². The number of fused-ring (bicyclic) bond motifs is 1. The summed E-state index contributed by atoms with van der Waals surface area (Å²) in [4.78, 5) is 0. The molecule has 6 rings (SSSR count). The van der Waals surface area contributed by atoms with Gasteiger partial charge in [0, 0.05) is 0 Å². The van der Waals surface area contributed by atoms with E-state index in [9.17, 15) is 0 Å². The molecule has 0 N–H and O–H groups in total. The van der Waals surface area contributed by atoms with E-state index in [1.165, 1.54) is 49.3 Å². The maximum Gasteiger partial charge on any atom is -0.00329 e. The quantitative estimate of drug-likeness (QED) is 0.653. The third-order valence-electron chi connectivity index (χ3n) is 6.40. The second-order valence-electron chi connectivity index (χ2n) is 7.72. The molecule has 4 aliphatic rings. The number of hydrogen-bond acceptors (Lipinski definition) is 0. The molecule has 0 spiro atoms. The Kier molecular flexibility index (Phi) is 2.20. The minimum absolute atomic E-state index is 0.523. The molecular weight excluding hydrogens is 240 g/mol. The Hall–Kier alpha value is -1.30. The van der Waals surface area contributed by atoms with Crippen molar-refractivity contribution in [1.29, 1.82) is 0 Å². The Bertz CT molecular complexity index is 626. The van der Waals surface area contributed by atoms with Crippen molar-refractivity contribution >= 4 is 10.8 Å². The zero-order valence-corrected chi connectivity index (χ0v) is 12.0. The second kappa shape index (κ2) is 3.87. The monoisotopic (exact) mass is 262 g/mol. The first-order chi connectivity index (χ1) is 9.82. The van der Waals surface area contributed by atoms with Crippen LogP contribution in [0.5, 0.6) is 0 Å². The third-order valence-corrected chi connectivity index (χ3v) is 6.40. The minimum Gasteiger partial charge on any atom is -0.0616 e. The van der Waals surface area contributed by atoms with Gasteiger partial charge in [-0.2, -0.15) is 0 Å². The SMILES string of the molecule is c1ccc2c(C34CC5CC(CC(C5)C3)C4)cccc2c1. The van der Waals surface area contributed by atoms with E-state index in [2.05, 4.69) is 42.5 Å². The summed E-state index contributed by atoms with van der Waals surface area (Å²) in [6.07, 6.45) is 8.99. The highest BCUT2D eigenvalue weighted by Crippen LogP contribution is 2.61. The molecule has 0 unspecified atom stereocenters. The maximum atomic E-state index is 2.44. The van der Waals surface area contributed by atoms with E-state index in [1.807, 2.05) is 0 Å². The molecule has 0 heterocycles. The van der Waals surface area contributed by atoms with Crippen LogP contribution in [0.1, 0.15) is 44.1 Å². The van der Waals surface area contributed by atoms with Crippen LogP contribution in [0, 0.1) is 17.8 Å². The van der Waals surface area contributed by atoms with Crippen LogP contribution in [0.4, 0.5) is 0 Å².